The molecule has 1 unspecified atom stereocenters. The number of alkyl halides is 3. The molecule has 0 aliphatic rings. The van der Waals surface area contributed by atoms with Gasteiger partial charge in [0, 0.05) is 0 Å². The first-order chi connectivity index (χ1) is 11.9. The minimum absolute atomic E-state index is 0.238. The Kier molecular flexibility index (Phi) is 6.70. The first kappa shape index (κ1) is 19.1. The summed E-state index contributed by atoms with van der Waals surface area (Å²) in [5, 5.41) is 9.19. The number of aliphatic hydroxyl groups is 1. The molecule has 0 amide bonds. The first-order valence-corrected chi connectivity index (χ1v) is 7.93. The smallest absolute Gasteiger partial charge is 0.309 e. The van der Waals surface area contributed by atoms with Crippen LogP contribution in [0.2, 0.25) is 0 Å². The minimum atomic E-state index is -3.46. The van der Waals surface area contributed by atoms with E-state index < -0.39 is 25.3 Å². The summed E-state index contributed by atoms with van der Waals surface area (Å²) in [6, 6.07) is 14.2. The van der Waals surface area contributed by atoms with Gasteiger partial charge in [-0.05, 0) is 48.7 Å². The van der Waals surface area contributed by atoms with Crippen LogP contribution in [-0.2, 0) is 6.42 Å². The van der Waals surface area contributed by atoms with Crippen LogP contribution >= 0.6 is 0 Å². The molecule has 0 aliphatic carbocycles. The fourth-order valence-electron chi connectivity index (χ4n) is 2.09. The van der Waals surface area contributed by atoms with Gasteiger partial charge in [-0.1, -0.05) is 24.3 Å². The van der Waals surface area contributed by atoms with Crippen LogP contribution in [0, 0.1) is 0 Å². The molecular formula is C19H21F3O3. The molecule has 0 radical (unpaired) electrons. The summed E-state index contributed by atoms with van der Waals surface area (Å²) in [6.07, 6.45) is 0.141. The second kappa shape index (κ2) is 8.76. The Balaban J connectivity index is 1.88. The van der Waals surface area contributed by atoms with E-state index in [1.165, 1.54) is 0 Å². The number of benzene rings is 2. The average Bonchev–Trinajstić information content (AvgIpc) is 2.60. The lowest BCUT2D eigenvalue weighted by atomic mass is 10.0. The normalized spacial score (nSPS) is 12.7. The summed E-state index contributed by atoms with van der Waals surface area (Å²) in [6.45, 7) is -0.818. The predicted octanol–water partition coefficient (Wildman–Crippen LogP) is 4.02. The van der Waals surface area contributed by atoms with Gasteiger partial charge < -0.3 is 14.6 Å². The maximum absolute atomic E-state index is 12.8. The molecule has 3 nitrogen and oxygen atoms in total. The molecule has 136 valence electrons. The molecule has 2 aromatic carbocycles. The molecule has 0 heterocycles. The van der Waals surface area contributed by atoms with Gasteiger partial charge in [-0.3, -0.25) is 0 Å². The number of ether oxygens (including phenoxy) is 2. The van der Waals surface area contributed by atoms with Crippen LogP contribution < -0.4 is 9.47 Å². The third-order valence-electron chi connectivity index (χ3n) is 3.39. The zero-order chi connectivity index (χ0) is 18.3. The zero-order valence-electron chi connectivity index (χ0n) is 13.9. The fraction of sp³-hybridized carbons (Fsp3) is 0.368. The van der Waals surface area contributed by atoms with Crippen molar-refractivity contribution in [3.05, 3.63) is 59.7 Å². The van der Waals surface area contributed by atoms with Crippen molar-refractivity contribution < 1.29 is 27.8 Å². The summed E-state index contributed by atoms with van der Waals surface area (Å²) in [5.41, 5.74) is 2.05. The quantitative estimate of drug-likeness (QED) is 0.739. The lowest BCUT2D eigenvalue weighted by Gasteiger charge is -2.13. The molecule has 1 atom stereocenters. The standard InChI is InChI=1S/C19H21F3O3/c1-14(23)11-24-17-6-2-15(3-7-17)10-16-4-8-18(9-5-16)25-13-19(21,22)12-20/h2-9,14,23H,10-13H2,1H3. The van der Waals surface area contributed by atoms with E-state index in [4.69, 9.17) is 9.47 Å². The molecule has 2 rings (SSSR count). The molecule has 0 saturated heterocycles. The average molecular weight is 354 g/mol. The summed E-state index contributed by atoms with van der Waals surface area (Å²) in [5.74, 6) is -2.50. The Bertz CT molecular complexity index is 640. The van der Waals surface area contributed by atoms with Gasteiger partial charge in [0.25, 0.3) is 0 Å². The van der Waals surface area contributed by atoms with Crippen LogP contribution in [0.4, 0.5) is 13.2 Å². The summed E-state index contributed by atoms with van der Waals surface area (Å²) in [4.78, 5) is 0. The van der Waals surface area contributed by atoms with Gasteiger partial charge in [-0.2, -0.15) is 8.78 Å². The van der Waals surface area contributed by atoms with E-state index in [1.807, 2.05) is 24.3 Å². The van der Waals surface area contributed by atoms with Crippen molar-refractivity contribution in [1.29, 1.82) is 0 Å². The van der Waals surface area contributed by atoms with Gasteiger partial charge in [0.15, 0.2) is 13.3 Å². The molecule has 1 N–H and O–H groups in total. The van der Waals surface area contributed by atoms with Gasteiger partial charge in [-0.15, -0.1) is 0 Å². The van der Waals surface area contributed by atoms with Crippen molar-refractivity contribution in [3.8, 4) is 11.5 Å². The van der Waals surface area contributed by atoms with E-state index in [9.17, 15) is 18.3 Å². The first-order valence-electron chi connectivity index (χ1n) is 7.93. The van der Waals surface area contributed by atoms with Gasteiger partial charge in [0.05, 0.1) is 6.10 Å². The van der Waals surface area contributed by atoms with Crippen molar-refractivity contribution in [2.45, 2.75) is 25.4 Å². The van der Waals surface area contributed by atoms with E-state index in [2.05, 4.69) is 0 Å². The molecule has 0 bridgehead atoms. The molecule has 0 saturated carbocycles. The van der Waals surface area contributed by atoms with Gasteiger partial charge in [0.1, 0.15) is 18.1 Å². The Labute approximate surface area is 145 Å². The second-order valence-corrected chi connectivity index (χ2v) is 5.90. The van der Waals surface area contributed by atoms with E-state index in [0.717, 1.165) is 11.1 Å². The Hall–Kier alpha value is -2.21. The SMILES string of the molecule is CC(O)COc1ccc(Cc2ccc(OCC(F)(F)CF)cc2)cc1. The van der Waals surface area contributed by atoms with Crippen LogP contribution in [0.1, 0.15) is 18.1 Å². The summed E-state index contributed by atoms with van der Waals surface area (Å²) in [7, 11) is 0. The van der Waals surface area contributed by atoms with E-state index >= 15 is 0 Å². The molecule has 25 heavy (non-hydrogen) atoms. The number of hydrogen-bond donors (Lipinski definition) is 1. The van der Waals surface area contributed by atoms with Crippen molar-refractivity contribution >= 4 is 0 Å². The lowest BCUT2D eigenvalue weighted by Crippen LogP contribution is -2.27. The lowest BCUT2D eigenvalue weighted by molar-refractivity contribution is -0.0584. The Morgan fingerprint density at radius 3 is 1.84 bits per heavy atom. The van der Waals surface area contributed by atoms with Crippen LogP contribution in [0.3, 0.4) is 0 Å². The molecule has 2 aromatic rings. The van der Waals surface area contributed by atoms with Crippen LogP contribution in [-0.4, -0.2) is 37.0 Å². The minimum Gasteiger partial charge on any atom is -0.491 e. The van der Waals surface area contributed by atoms with E-state index in [-0.39, 0.29) is 12.4 Å². The van der Waals surface area contributed by atoms with E-state index in [0.29, 0.717) is 12.2 Å². The summed E-state index contributed by atoms with van der Waals surface area (Å²) < 4.78 is 48.0. The van der Waals surface area contributed by atoms with Gasteiger partial charge in [-0.25, -0.2) is 4.39 Å². The summed E-state index contributed by atoms with van der Waals surface area (Å²) >= 11 is 0. The van der Waals surface area contributed by atoms with Crippen molar-refractivity contribution in [2.24, 2.45) is 0 Å². The molecule has 0 fully saturated rings. The van der Waals surface area contributed by atoms with Crippen LogP contribution in [0.15, 0.2) is 48.5 Å². The van der Waals surface area contributed by atoms with Crippen LogP contribution in [0.5, 0.6) is 11.5 Å². The zero-order valence-corrected chi connectivity index (χ0v) is 13.9. The number of hydrogen-bond acceptors (Lipinski definition) is 3. The molecule has 0 aromatic heterocycles. The Morgan fingerprint density at radius 2 is 1.40 bits per heavy atom. The largest absolute Gasteiger partial charge is 0.491 e. The number of halogens is 3. The second-order valence-electron chi connectivity index (χ2n) is 5.90. The predicted molar refractivity (Wildman–Crippen MR) is 89.3 cm³/mol. The molecule has 6 heteroatoms. The highest BCUT2D eigenvalue weighted by molar-refractivity contribution is 5.34. The van der Waals surface area contributed by atoms with Crippen LogP contribution in [0.25, 0.3) is 0 Å². The van der Waals surface area contributed by atoms with Gasteiger partial charge in [0.2, 0.25) is 0 Å². The Morgan fingerprint density at radius 1 is 0.920 bits per heavy atom. The topological polar surface area (TPSA) is 38.7 Å². The third-order valence-corrected chi connectivity index (χ3v) is 3.39. The van der Waals surface area contributed by atoms with Gasteiger partial charge >= 0.3 is 5.92 Å². The molecule has 0 spiro atoms. The maximum Gasteiger partial charge on any atom is 0.309 e. The van der Waals surface area contributed by atoms with Crippen molar-refractivity contribution in [1.82, 2.24) is 0 Å². The fourth-order valence-corrected chi connectivity index (χ4v) is 2.09. The van der Waals surface area contributed by atoms with E-state index in [1.54, 1.807) is 31.2 Å². The van der Waals surface area contributed by atoms with Crippen molar-refractivity contribution in [2.75, 3.05) is 19.9 Å². The maximum atomic E-state index is 12.8. The molecular weight excluding hydrogens is 333 g/mol. The third kappa shape index (κ3) is 6.66. The number of rotatable bonds is 9. The monoisotopic (exact) mass is 354 g/mol. The highest BCUT2D eigenvalue weighted by Gasteiger charge is 2.29. The van der Waals surface area contributed by atoms with Crippen molar-refractivity contribution in [3.63, 3.8) is 0 Å². The molecule has 0 aliphatic heterocycles. The highest BCUT2D eigenvalue weighted by atomic mass is 19.3. The highest BCUT2D eigenvalue weighted by Crippen LogP contribution is 2.20. The number of aliphatic hydroxyl groups excluding tert-OH is 1.